The number of fused-ring (bicyclic) bond motifs is 1. The number of benzene rings is 1. The van der Waals surface area contributed by atoms with Gasteiger partial charge in [-0.1, -0.05) is 0 Å². The third-order valence-electron chi connectivity index (χ3n) is 3.72. The summed E-state index contributed by atoms with van der Waals surface area (Å²) in [6, 6.07) is 2.04. The van der Waals surface area contributed by atoms with E-state index in [0.29, 0.717) is 13.2 Å². The van der Waals surface area contributed by atoms with Crippen molar-refractivity contribution in [2.45, 2.75) is 31.7 Å². The van der Waals surface area contributed by atoms with Crippen LogP contribution in [-0.4, -0.2) is 13.2 Å². The number of ether oxygens (including phenoxy) is 2. The van der Waals surface area contributed by atoms with Crippen LogP contribution in [-0.2, 0) is 5.54 Å². The summed E-state index contributed by atoms with van der Waals surface area (Å²) in [6.07, 6.45) is 3.30. The van der Waals surface area contributed by atoms with E-state index >= 15 is 0 Å². The molecule has 0 bridgehead atoms. The molecule has 0 saturated heterocycles. The van der Waals surface area contributed by atoms with Crippen molar-refractivity contribution in [3.63, 3.8) is 0 Å². The molecule has 2 N–H and O–H groups in total. The van der Waals surface area contributed by atoms with Gasteiger partial charge in [-0.05, 0) is 59.3 Å². The van der Waals surface area contributed by atoms with E-state index in [1.54, 1.807) is 0 Å². The highest BCUT2D eigenvalue weighted by Crippen LogP contribution is 2.49. The molecule has 0 amide bonds. The van der Waals surface area contributed by atoms with Gasteiger partial charge in [0.1, 0.15) is 13.2 Å². The van der Waals surface area contributed by atoms with E-state index in [4.69, 9.17) is 15.2 Å². The minimum absolute atomic E-state index is 0.182. The van der Waals surface area contributed by atoms with Crippen LogP contribution < -0.4 is 15.2 Å². The molecular weight excluding hydrogens is 282 g/mol. The van der Waals surface area contributed by atoms with Gasteiger partial charge in [0, 0.05) is 5.54 Å². The minimum atomic E-state index is -0.182. The van der Waals surface area contributed by atoms with Gasteiger partial charge in [0.25, 0.3) is 0 Å². The molecule has 1 aliphatic carbocycles. The predicted octanol–water partition coefficient (Wildman–Crippen LogP) is 2.87. The molecular formula is C13H16BrNO2. The van der Waals surface area contributed by atoms with Crippen LogP contribution in [0.15, 0.2) is 10.5 Å². The van der Waals surface area contributed by atoms with E-state index in [2.05, 4.69) is 22.9 Å². The van der Waals surface area contributed by atoms with Gasteiger partial charge in [-0.25, -0.2) is 0 Å². The maximum atomic E-state index is 6.43. The van der Waals surface area contributed by atoms with Crippen LogP contribution in [0.4, 0.5) is 0 Å². The largest absolute Gasteiger partial charge is 0.486 e. The third-order valence-corrected chi connectivity index (χ3v) is 4.47. The molecule has 0 radical (unpaired) electrons. The molecule has 1 aromatic carbocycles. The summed E-state index contributed by atoms with van der Waals surface area (Å²) in [5, 5.41) is 0. The average Bonchev–Trinajstić information content (AvgIpc) is 2.26. The molecule has 1 aliphatic heterocycles. The van der Waals surface area contributed by atoms with Gasteiger partial charge < -0.3 is 15.2 Å². The Morgan fingerprint density at radius 1 is 1.29 bits per heavy atom. The summed E-state index contributed by atoms with van der Waals surface area (Å²) < 4.78 is 12.3. The van der Waals surface area contributed by atoms with Crippen LogP contribution in [0.25, 0.3) is 0 Å². The highest BCUT2D eigenvalue weighted by Gasteiger charge is 2.39. The Kier molecular flexibility index (Phi) is 2.60. The summed E-state index contributed by atoms with van der Waals surface area (Å²) in [6.45, 7) is 3.31. The summed E-state index contributed by atoms with van der Waals surface area (Å²) in [5.41, 5.74) is 8.62. The second-order valence-corrected chi connectivity index (χ2v) is 5.71. The molecule has 2 aliphatic rings. The number of hydrogen-bond donors (Lipinski definition) is 1. The Bertz CT molecular complexity index is 469. The number of aryl methyl sites for hydroxylation is 1. The molecule has 1 saturated carbocycles. The topological polar surface area (TPSA) is 44.5 Å². The minimum Gasteiger partial charge on any atom is -0.486 e. The Balaban J connectivity index is 2.15. The summed E-state index contributed by atoms with van der Waals surface area (Å²) >= 11 is 3.64. The first-order chi connectivity index (χ1) is 8.12. The molecule has 3 nitrogen and oxygen atoms in total. The maximum Gasteiger partial charge on any atom is 0.175 e. The summed E-state index contributed by atoms with van der Waals surface area (Å²) in [4.78, 5) is 0. The van der Waals surface area contributed by atoms with E-state index < -0.39 is 0 Å². The molecule has 1 heterocycles. The zero-order valence-corrected chi connectivity index (χ0v) is 11.5. The van der Waals surface area contributed by atoms with Crippen molar-refractivity contribution in [2.24, 2.45) is 5.73 Å². The Hall–Kier alpha value is -0.740. The normalized spacial score (nSPS) is 20.9. The molecule has 0 atom stereocenters. The first kappa shape index (κ1) is 11.4. The zero-order valence-electron chi connectivity index (χ0n) is 9.88. The Morgan fingerprint density at radius 3 is 2.65 bits per heavy atom. The summed E-state index contributed by atoms with van der Waals surface area (Å²) in [5.74, 6) is 1.64. The van der Waals surface area contributed by atoms with Gasteiger partial charge in [0.05, 0.1) is 4.47 Å². The van der Waals surface area contributed by atoms with Crippen LogP contribution in [0.1, 0.15) is 30.4 Å². The van der Waals surface area contributed by atoms with Crippen LogP contribution >= 0.6 is 15.9 Å². The first-order valence-corrected chi connectivity index (χ1v) is 6.79. The maximum absolute atomic E-state index is 6.43. The highest BCUT2D eigenvalue weighted by atomic mass is 79.9. The number of rotatable bonds is 1. The molecule has 92 valence electrons. The zero-order chi connectivity index (χ0) is 12.0. The monoisotopic (exact) mass is 297 g/mol. The quantitative estimate of drug-likeness (QED) is 0.867. The van der Waals surface area contributed by atoms with Gasteiger partial charge in [-0.2, -0.15) is 0 Å². The standard InChI is InChI=1S/C13H16BrNO2/c1-8-7-9-12(17-6-5-16-9)11(14)10(8)13(15)3-2-4-13/h7H,2-6,15H2,1H3. The van der Waals surface area contributed by atoms with Gasteiger partial charge >= 0.3 is 0 Å². The molecule has 17 heavy (non-hydrogen) atoms. The Labute approximate surface area is 109 Å². The van der Waals surface area contributed by atoms with Gasteiger partial charge in [-0.15, -0.1) is 0 Å². The van der Waals surface area contributed by atoms with Gasteiger partial charge in [0.15, 0.2) is 11.5 Å². The Morgan fingerprint density at radius 2 is 2.00 bits per heavy atom. The van der Waals surface area contributed by atoms with Crippen molar-refractivity contribution in [2.75, 3.05) is 13.2 Å². The lowest BCUT2D eigenvalue weighted by atomic mass is 9.71. The molecule has 0 aromatic heterocycles. The van der Waals surface area contributed by atoms with Crippen molar-refractivity contribution < 1.29 is 9.47 Å². The number of halogens is 1. The van der Waals surface area contributed by atoms with E-state index in [-0.39, 0.29) is 5.54 Å². The van der Waals surface area contributed by atoms with Crippen molar-refractivity contribution in [3.05, 3.63) is 21.7 Å². The van der Waals surface area contributed by atoms with Gasteiger partial charge in [0.2, 0.25) is 0 Å². The third kappa shape index (κ3) is 1.66. The van der Waals surface area contributed by atoms with Crippen LogP contribution in [0, 0.1) is 6.92 Å². The van der Waals surface area contributed by atoms with Crippen LogP contribution in [0.3, 0.4) is 0 Å². The molecule has 0 unspecified atom stereocenters. The van der Waals surface area contributed by atoms with Crippen molar-refractivity contribution >= 4 is 15.9 Å². The highest BCUT2D eigenvalue weighted by molar-refractivity contribution is 9.10. The lowest BCUT2D eigenvalue weighted by Crippen LogP contribution is -2.44. The van der Waals surface area contributed by atoms with Crippen LogP contribution in [0.2, 0.25) is 0 Å². The van der Waals surface area contributed by atoms with E-state index in [1.165, 1.54) is 17.5 Å². The number of hydrogen-bond acceptors (Lipinski definition) is 3. The molecule has 0 spiro atoms. The summed E-state index contributed by atoms with van der Waals surface area (Å²) in [7, 11) is 0. The molecule has 1 fully saturated rings. The fourth-order valence-corrected chi connectivity index (χ4v) is 3.70. The van der Waals surface area contributed by atoms with Crippen LogP contribution in [0.5, 0.6) is 11.5 Å². The SMILES string of the molecule is Cc1cc2c(c(Br)c1C1(N)CCC1)OCCO2. The lowest BCUT2D eigenvalue weighted by molar-refractivity contribution is 0.168. The van der Waals surface area contributed by atoms with E-state index in [0.717, 1.165) is 28.8 Å². The number of nitrogens with two attached hydrogens (primary N) is 1. The first-order valence-electron chi connectivity index (χ1n) is 6.00. The second kappa shape index (κ2) is 3.89. The fourth-order valence-electron chi connectivity index (χ4n) is 2.69. The second-order valence-electron chi connectivity index (χ2n) is 4.92. The fraction of sp³-hybridized carbons (Fsp3) is 0.538. The molecule has 3 rings (SSSR count). The van der Waals surface area contributed by atoms with Gasteiger partial charge in [-0.3, -0.25) is 0 Å². The van der Waals surface area contributed by atoms with E-state index in [9.17, 15) is 0 Å². The van der Waals surface area contributed by atoms with Crippen molar-refractivity contribution in [1.82, 2.24) is 0 Å². The average molecular weight is 298 g/mol. The van der Waals surface area contributed by atoms with E-state index in [1.807, 2.05) is 6.07 Å². The molecule has 4 heteroatoms. The lowest BCUT2D eigenvalue weighted by Gasteiger charge is -2.41. The van der Waals surface area contributed by atoms with Crippen molar-refractivity contribution in [3.8, 4) is 11.5 Å². The predicted molar refractivity (Wildman–Crippen MR) is 69.6 cm³/mol. The smallest absolute Gasteiger partial charge is 0.175 e. The van der Waals surface area contributed by atoms with Crippen molar-refractivity contribution in [1.29, 1.82) is 0 Å². The molecule has 1 aromatic rings.